The summed E-state index contributed by atoms with van der Waals surface area (Å²) in [4.78, 5) is 17.0. The predicted octanol–water partition coefficient (Wildman–Crippen LogP) is 4.08. The molecule has 24 heavy (non-hydrogen) atoms. The van der Waals surface area contributed by atoms with Gasteiger partial charge in [-0.2, -0.15) is 0 Å². The molecule has 0 radical (unpaired) electrons. The van der Waals surface area contributed by atoms with Crippen molar-refractivity contribution < 1.29 is 4.79 Å². The van der Waals surface area contributed by atoms with E-state index < -0.39 is 0 Å². The lowest BCUT2D eigenvalue weighted by Gasteiger charge is -2.34. The van der Waals surface area contributed by atoms with Gasteiger partial charge in [-0.1, -0.05) is 30.3 Å². The van der Waals surface area contributed by atoms with Crippen LogP contribution in [0.2, 0.25) is 0 Å². The van der Waals surface area contributed by atoms with Crippen molar-refractivity contribution in [2.24, 2.45) is 0 Å². The fourth-order valence-electron chi connectivity index (χ4n) is 3.56. The number of aryl methyl sites for hydroxylation is 1. The molecule has 1 heterocycles. The van der Waals surface area contributed by atoms with Gasteiger partial charge in [0.1, 0.15) is 0 Å². The Hall–Kier alpha value is -2.29. The van der Waals surface area contributed by atoms with Crippen LogP contribution in [0.4, 0.5) is 5.69 Å². The van der Waals surface area contributed by atoms with Crippen LogP contribution < -0.4 is 4.90 Å². The second kappa shape index (κ2) is 7.08. The zero-order chi connectivity index (χ0) is 17.1. The van der Waals surface area contributed by atoms with Crippen molar-refractivity contribution in [3.05, 3.63) is 65.2 Å². The number of nitrogens with zero attached hydrogens (tertiary/aromatic N) is 2. The largest absolute Gasteiger partial charge is 0.378 e. The summed E-state index contributed by atoms with van der Waals surface area (Å²) in [6.07, 6.45) is 2.23. The molecule has 2 aromatic carbocycles. The number of benzene rings is 2. The molecule has 0 unspecified atom stereocenters. The van der Waals surface area contributed by atoms with Crippen molar-refractivity contribution in [3.8, 4) is 0 Å². The summed E-state index contributed by atoms with van der Waals surface area (Å²) >= 11 is 0. The zero-order valence-corrected chi connectivity index (χ0v) is 14.8. The number of hydrogen-bond donors (Lipinski definition) is 0. The highest BCUT2D eigenvalue weighted by Crippen LogP contribution is 2.30. The Bertz CT molecular complexity index is 723. The highest BCUT2D eigenvalue weighted by Gasteiger charge is 2.26. The van der Waals surface area contributed by atoms with Gasteiger partial charge in [-0.25, -0.2) is 0 Å². The molecule has 2 aromatic rings. The van der Waals surface area contributed by atoms with Gasteiger partial charge >= 0.3 is 0 Å². The lowest BCUT2D eigenvalue weighted by atomic mass is 9.88. The van der Waals surface area contributed by atoms with Crippen LogP contribution in [0.3, 0.4) is 0 Å². The maximum Gasteiger partial charge on any atom is 0.253 e. The molecule has 0 saturated carbocycles. The summed E-state index contributed by atoms with van der Waals surface area (Å²) < 4.78 is 0. The molecule has 3 nitrogen and oxygen atoms in total. The first kappa shape index (κ1) is 16.6. The summed E-state index contributed by atoms with van der Waals surface area (Å²) in [6, 6.07) is 16.5. The third kappa shape index (κ3) is 3.45. The molecule has 0 aromatic heterocycles. The molecule has 3 heteroatoms. The minimum Gasteiger partial charge on any atom is -0.378 e. The Labute approximate surface area is 144 Å². The fourth-order valence-corrected chi connectivity index (χ4v) is 3.56. The van der Waals surface area contributed by atoms with Gasteiger partial charge in [0, 0.05) is 44.4 Å². The van der Waals surface area contributed by atoms with Crippen LogP contribution in [-0.2, 0) is 0 Å². The Morgan fingerprint density at radius 2 is 1.92 bits per heavy atom. The van der Waals surface area contributed by atoms with Crippen LogP contribution in [0.1, 0.15) is 40.2 Å². The van der Waals surface area contributed by atoms with E-state index in [1.54, 1.807) is 0 Å². The van der Waals surface area contributed by atoms with E-state index in [2.05, 4.69) is 31.2 Å². The molecule has 3 rings (SSSR count). The molecule has 1 aliphatic heterocycles. The predicted molar refractivity (Wildman–Crippen MR) is 99.8 cm³/mol. The molecule has 1 atom stereocenters. The van der Waals surface area contributed by atoms with Crippen LogP contribution in [-0.4, -0.2) is 38.0 Å². The highest BCUT2D eigenvalue weighted by atomic mass is 16.2. The molecule has 1 aliphatic rings. The minimum absolute atomic E-state index is 0.150. The lowest BCUT2D eigenvalue weighted by Crippen LogP contribution is -2.39. The van der Waals surface area contributed by atoms with Gasteiger partial charge in [-0.3, -0.25) is 4.79 Å². The molecule has 1 saturated heterocycles. The first-order valence-corrected chi connectivity index (χ1v) is 8.68. The summed E-state index contributed by atoms with van der Waals surface area (Å²) in [5.74, 6) is 0.595. The number of carbonyl (C=O) groups is 1. The van der Waals surface area contributed by atoms with E-state index in [9.17, 15) is 4.79 Å². The number of piperidine rings is 1. The first-order valence-electron chi connectivity index (χ1n) is 8.68. The van der Waals surface area contributed by atoms with Crippen molar-refractivity contribution in [1.29, 1.82) is 0 Å². The highest BCUT2D eigenvalue weighted by molar-refractivity contribution is 5.95. The average molecular weight is 322 g/mol. The molecule has 0 bridgehead atoms. The normalized spacial score (nSPS) is 17.6. The van der Waals surface area contributed by atoms with Crippen molar-refractivity contribution in [2.75, 3.05) is 32.1 Å². The SMILES string of the molecule is Cc1ccccc1[C@@H]1CCCN(C(=O)c2cccc(N(C)C)c2)C1. The number of amides is 1. The molecule has 0 aliphatic carbocycles. The molecule has 1 fully saturated rings. The van der Waals surface area contributed by atoms with Crippen molar-refractivity contribution in [3.63, 3.8) is 0 Å². The third-order valence-corrected chi connectivity index (χ3v) is 4.95. The number of rotatable bonds is 3. The van der Waals surface area contributed by atoms with Crippen molar-refractivity contribution in [2.45, 2.75) is 25.7 Å². The average Bonchev–Trinajstić information content (AvgIpc) is 2.61. The molecule has 0 N–H and O–H groups in total. The Balaban J connectivity index is 1.78. The van der Waals surface area contributed by atoms with Gasteiger partial charge in [0.15, 0.2) is 0 Å². The second-order valence-electron chi connectivity index (χ2n) is 6.89. The quantitative estimate of drug-likeness (QED) is 0.850. The first-order chi connectivity index (χ1) is 11.6. The molecule has 0 spiro atoms. The Morgan fingerprint density at radius 1 is 1.12 bits per heavy atom. The van der Waals surface area contributed by atoms with E-state index in [4.69, 9.17) is 0 Å². The minimum atomic E-state index is 0.150. The van der Waals surface area contributed by atoms with Crippen LogP contribution in [0.25, 0.3) is 0 Å². The summed E-state index contributed by atoms with van der Waals surface area (Å²) in [6.45, 7) is 3.83. The van der Waals surface area contributed by atoms with E-state index >= 15 is 0 Å². The van der Waals surface area contributed by atoms with Crippen LogP contribution in [0, 0.1) is 6.92 Å². The molecular formula is C21H26N2O. The summed E-state index contributed by atoms with van der Waals surface area (Å²) in [7, 11) is 4.00. The maximum absolute atomic E-state index is 12.9. The number of likely N-dealkylation sites (tertiary alicyclic amines) is 1. The number of anilines is 1. The Kier molecular flexibility index (Phi) is 4.89. The van der Waals surface area contributed by atoms with Crippen LogP contribution in [0.5, 0.6) is 0 Å². The topological polar surface area (TPSA) is 23.6 Å². The van der Waals surface area contributed by atoms with Gasteiger partial charge in [-0.05, 0) is 49.1 Å². The summed E-state index contributed by atoms with van der Waals surface area (Å²) in [5.41, 5.74) is 4.56. The van der Waals surface area contributed by atoms with Gasteiger partial charge in [0.05, 0.1) is 0 Å². The van der Waals surface area contributed by atoms with E-state index in [1.807, 2.05) is 48.2 Å². The summed E-state index contributed by atoms with van der Waals surface area (Å²) in [5, 5.41) is 0. The zero-order valence-electron chi connectivity index (χ0n) is 14.8. The standard InChI is InChI=1S/C21H26N2O/c1-16-8-4-5-12-20(16)18-10-7-13-23(15-18)21(24)17-9-6-11-19(14-17)22(2)3/h4-6,8-9,11-12,14,18H,7,10,13,15H2,1-3H3/t18-/m1/s1. The monoisotopic (exact) mass is 322 g/mol. The lowest BCUT2D eigenvalue weighted by molar-refractivity contribution is 0.0707. The van der Waals surface area contributed by atoms with Gasteiger partial charge in [-0.15, -0.1) is 0 Å². The smallest absolute Gasteiger partial charge is 0.253 e. The van der Waals surface area contributed by atoms with E-state index in [1.165, 1.54) is 11.1 Å². The third-order valence-electron chi connectivity index (χ3n) is 4.95. The molecular weight excluding hydrogens is 296 g/mol. The van der Waals surface area contributed by atoms with Crippen LogP contribution >= 0.6 is 0 Å². The maximum atomic E-state index is 12.9. The van der Waals surface area contributed by atoms with Gasteiger partial charge in [0.25, 0.3) is 5.91 Å². The second-order valence-corrected chi connectivity index (χ2v) is 6.89. The van der Waals surface area contributed by atoms with Crippen molar-refractivity contribution >= 4 is 11.6 Å². The van der Waals surface area contributed by atoms with Crippen LogP contribution in [0.15, 0.2) is 48.5 Å². The number of carbonyl (C=O) groups excluding carboxylic acids is 1. The Morgan fingerprint density at radius 3 is 2.67 bits per heavy atom. The number of hydrogen-bond acceptors (Lipinski definition) is 2. The van der Waals surface area contributed by atoms with E-state index in [0.29, 0.717) is 5.92 Å². The van der Waals surface area contributed by atoms with E-state index in [0.717, 1.165) is 37.2 Å². The van der Waals surface area contributed by atoms with Crippen molar-refractivity contribution in [1.82, 2.24) is 4.90 Å². The van der Waals surface area contributed by atoms with Gasteiger partial charge < -0.3 is 9.80 Å². The van der Waals surface area contributed by atoms with Gasteiger partial charge in [0.2, 0.25) is 0 Å². The van der Waals surface area contributed by atoms with E-state index in [-0.39, 0.29) is 5.91 Å². The molecule has 1 amide bonds. The molecule has 126 valence electrons. The fraction of sp³-hybridized carbons (Fsp3) is 0.381.